The molecule has 0 atom stereocenters. The van der Waals surface area contributed by atoms with E-state index in [0.717, 1.165) is 31.6 Å². The third kappa shape index (κ3) is 3.08. The minimum absolute atomic E-state index is 0.695. The number of nitrogens with zero attached hydrogens (tertiary/aromatic N) is 1. The zero-order valence-electron chi connectivity index (χ0n) is 8.16. The van der Waals surface area contributed by atoms with E-state index in [1.54, 1.807) is 0 Å². The van der Waals surface area contributed by atoms with Gasteiger partial charge in [0.1, 0.15) is 6.07 Å². The highest BCUT2D eigenvalue weighted by atomic mass is 14.9. The summed E-state index contributed by atoms with van der Waals surface area (Å²) < 4.78 is 0. The van der Waals surface area contributed by atoms with Crippen LogP contribution in [0.1, 0.15) is 18.4 Å². The molecule has 14 heavy (non-hydrogen) atoms. The summed E-state index contributed by atoms with van der Waals surface area (Å²) in [5.41, 5.74) is 6.99. The highest BCUT2D eigenvalue weighted by Gasteiger charge is 1.97. The van der Waals surface area contributed by atoms with E-state index in [-0.39, 0.29) is 0 Å². The average Bonchev–Trinajstić information content (AvgIpc) is 2.25. The molecule has 0 spiro atoms. The van der Waals surface area contributed by atoms with E-state index in [4.69, 9.17) is 11.0 Å². The fourth-order valence-electron chi connectivity index (χ4n) is 1.23. The predicted octanol–water partition coefficient (Wildman–Crippen LogP) is 1.71. The van der Waals surface area contributed by atoms with Gasteiger partial charge in [-0.1, -0.05) is 12.1 Å². The quantitative estimate of drug-likeness (QED) is 0.693. The van der Waals surface area contributed by atoms with Gasteiger partial charge in [0, 0.05) is 6.54 Å². The molecule has 0 aromatic heterocycles. The van der Waals surface area contributed by atoms with Crippen LogP contribution in [0.15, 0.2) is 24.3 Å². The molecule has 0 fully saturated rings. The summed E-state index contributed by atoms with van der Waals surface area (Å²) in [7, 11) is 0. The van der Waals surface area contributed by atoms with Gasteiger partial charge in [-0.2, -0.15) is 5.26 Å². The molecule has 3 heteroatoms. The van der Waals surface area contributed by atoms with Crippen LogP contribution >= 0.6 is 0 Å². The van der Waals surface area contributed by atoms with E-state index in [2.05, 4.69) is 11.4 Å². The van der Waals surface area contributed by atoms with E-state index in [1.165, 1.54) is 0 Å². The Balaban J connectivity index is 2.46. The van der Waals surface area contributed by atoms with Crippen LogP contribution in [0.4, 0.5) is 5.69 Å². The van der Waals surface area contributed by atoms with Gasteiger partial charge in [0.05, 0.1) is 11.3 Å². The number of anilines is 1. The van der Waals surface area contributed by atoms with Crippen molar-refractivity contribution in [1.82, 2.24) is 0 Å². The number of nitriles is 1. The lowest BCUT2D eigenvalue weighted by molar-refractivity contribution is 0.774. The van der Waals surface area contributed by atoms with Crippen LogP contribution in [-0.4, -0.2) is 13.1 Å². The van der Waals surface area contributed by atoms with Crippen LogP contribution in [0.25, 0.3) is 0 Å². The lowest BCUT2D eigenvalue weighted by atomic mass is 10.2. The number of hydrogen-bond donors (Lipinski definition) is 2. The molecule has 0 saturated heterocycles. The van der Waals surface area contributed by atoms with Gasteiger partial charge in [0.15, 0.2) is 0 Å². The van der Waals surface area contributed by atoms with Crippen molar-refractivity contribution >= 4 is 5.69 Å². The second-order valence-electron chi connectivity index (χ2n) is 3.08. The molecule has 0 aliphatic rings. The van der Waals surface area contributed by atoms with Crippen molar-refractivity contribution in [3.8, 4) is 6.07 Å². The van der Waals surface area contributed by atoms with E-state index < -0.39 is 0 Å². The molecule has 0 unspecified atom stereocenters. The molecule has 0 radical (unpaired) electrons. The van der Waals surface area contributed by atoms with Crippen LogP contribution in [0, 0.1) is 11.3 Å². The minimum atomic E-state index is 0.695. The third-order valence-electron chi connectivity index (χ3n) is 1.99. The molecule has 0 amide bonds. The zero-order chi connectivity index (χ0) is 10.2. The van der Waals surface area contributed by atoms with Crippen LogP contribution in [0.3, 0.4) is 0 Å². The fourth-order valence-corrected chi connectivity index (χ4v) is 1.23. The first-order valence-electron chi connectivity index (χ1n) is 4.81. The van der Waals surface area contributed by atoms with Crippen LogP contribution in [0.2, 0.25) is 0 Å². The second-order valence-corrected chi connectivity index (χ2v) is 3.08. The van der Waals surface area contributed by atoms with Gasteiger partial charge in [-0.05, 0) is 31.5 Å². The molecule has 1 rings (SSSR count). The maximum Gasteiger partial charge on any atom is 0.101 e. The second kappa shape index (κ2) is 6.01. The maximum atomic E-state index is 8.81. The monoisotopic (exact) mass is 189 g/mol. The van der Waals surface area contributed by atoms with Crippen LogP contribution in [-0.2, 0) is 0 Å². The summed E-state index contributed by atoms with van der Waals surface area (Å²) >= 11 is 0. The van der Waals surface area contributed by atoms with Crippen molar-refractivity contribution in [3.05, 3.63) is 29.8 Å². The first kappa shape index (κ1) is 10.6. The summed E-state index contributed by atoms with van der Waals surface area (Å²) in [6, 6.07) is 9.67. The molecule has 0 aliphatic heterocycles. The third-order valence-corrected chi connectivity index (χ3v) is 1.99. The molecule has 0 heterocycles. The van der Waals surface area contributed by atoms with Gasteiger partial charge in [0.2, 0.25) is 0 Å². The molecule has 0 saturated carbocycles. The number of benzene rings is 1. The van der Waals surface area contributed by atoms with Gasteiger partial charge in [-0.15, -0.1) is 0 Å². The molecule has 1 aromatic rings. The standard InChI is InChI=1S/C11H15N3/c12-7-3-4-8-14-11-6-2-1-5-10(11)9-13/h1-2,5-6,14H,3-4,7-8,12H2. The molecular formula is C11H15N3. The van der Waals surface area contributed by atoms with E-state index >= 15 is 0 Å². The smallest absolute Gasteiger partial charge is 0.101 e. The van der Waals surface area contributed by atoms with Gasteiger partial charge in [0.25, 0.3) is 0 Å². The maximum absolute atomic E-state index is 8.81. The minimum Gasteiger partial charge on any atom is -0.384 e. The fraction of sp³-hybridized carbons (Fsp3) is 0.364. The van der Waals surface area contributed by atoms with Crippen molar-refractivity contribution in [2.45, 2.75) is 12.8 Å². The van der Waals surface area contributed by atoms with Crippen molar-refractivity contribution < 1.29 is 0 Å². The number of rotatable bonds is 5. The Morgan fingerprint density at radius 1 is 1.29 bits per heavy atom. The summed E-state index contributed by atoms with van der Waals surface area (Å²) in [5.74, 6) is 0. The highest BCUT2D eigenvalue weighted by Crippen LogP contribution is 2.13. The summed E-state index contributed by atoms with van der Waals surface area (Å²) in [6.45, 7) is 1.59. The van der Waals surface area contributed by atoms with Gasteiger partial charge < -0.3 is 11.1 Å². The highest BCUT2D eigenvalue weighted by molar-refractivity contribution is 5.56. The normalized spacial score (nSPS) is 9.43. The molecule has 0 bridgehead atoms. The Morgan fingerprint density at radius 3 is 2.79 bits per heavy atom. The van der Waals surface area contributed by atoms with Crippen molar-refractivity contribution in [3.63, 3.8) is 0 Å². The van der Waals surface area contributed by atoms with Crippen molar-refractivity contribution in [2.24, 2.45) is 5.73 Å². The van der Waals surface area contributed by atoms with Gasteiger partial charge in [-0.25, -0.2) is 0 Å². The number of hydrogen-bond acceptors (Lipinski definition) is 3. The van der Waals surface area contributed by atoms with Gasteiger partial charge in [-0.3, -0.25) is 0 Å². The van der Waals surface area contributed by atoms with E-state index in [1.807, 2.05) is 24.3 Å². The van der Waals surface area contributed by atoms with Crippen molar-refractivity contribution in [2.75, 3.05) is 18.4 Å². The first-order chi connectivity index (χ1) is 6.88. The van der Waals surface area contributed by atoms with E-state index in [0.29, 0.717) is 5.56 Å². The lowest BCUT2D eigenvalue weighted by Crippen LogP contribution is -2.06. The Labute approximate surface area is 84.5 Å². The molecular weight excluding hydrogens is 174 g/mol. The lowest BCUT2D eigenvalue weighted by Gasteiger charge is -2.06. The Bertz CT molecular complexity index is 315. The largest absolute Gasteiger partial charge is 0.384 e. The van der Waals surface area contributed by atoms with Crippen molar-refractivity contribution in [1.29, 1.82) is 5.26 Å². The number of unbranched alkanes of at least 4 members (excludes halogenated alkanes) is 1. The number of nitrogens with two attached hydrogens (primary N) is 1. The Hall–Kier alpha value is -1.53. The molecule has 74 valence electrons. The Morgan fingerprint density at radius 2 is 2.07 bits per heavy atom. The van der Waals surface area contributed by atoms with E-state index in [9.17, 15) is 0 Å². The zero-order valence-corrected chi connectivity index (χ0v) is 8.16. The Kier molecular flexibility index (Phi) is 4.53. The predicted molar refractivity (Wildman–Crippen MR) is 57.9 cm³/mol. The summed E-state index contributed by atoms with van der Waals surface area (Å²) in [4.78, 5) is 0. The molecule has 1 aromatic carbocycles. The van der Waals surface area contributed by atoms with Gasteiger partial charge >= 0.3 is 0 Å². The topological polar surface area (TPSA) is 61.8 Å². The number of para-hydroxylation sites is 1. The number of nitrogens with one attached hydrogen (secondary N) is 1. The summed E-state index contributed by atoms with van der Waals surface area (Å²) in [6.07, 6.45) is 2.05. The van der Waals surface area contributed by atoms with Crippen LogP contribution in [0.5, 0.6) is 0 Å². The molecule has 3 nitrogen and oxygen atoms in total. The summed E-state index contributed by atoms with van der Waals surface area (Å²) in [5, 5.41) is 12.0. The average molecular weight is 189 g/mol. The first-order valence-corrected chi connectivity index (χ1v) is 4.81. The molecule has 3 N–H and O–H groups in total. The molecule has 0 aliphatic carbocycles. The SMILES string of the molecule is N#Cc1ccccc1NCCCCN. The van der Waals surface area contributed by atoms with Crippen LogP contribution < -0.4 is 11.1 Å².